The highest BCUT2D eigenvalue weighted by molar-refractivity contribution is 6.04. The van der Waals surface area contributed by atoms with Crippen LogP contribution in [0, 0.1) is 0 Å². The van der Waals surface area contributed by atoms with Crippen LogP contribution < -0.4 is 10.6 Å². The Labute approximate surface area is 144 Å². The van der Waals surface area contributed by atoms with Crippen LogP contribution in [0.25, 0.3) is 0 Å². The quantitative estimate of drug-likeness (QED) is 0.736. The van der Waals surface area contributed by atoms with Gasteiger partial charge in [-0.3, -0.25) is 14.5 Å². The van der Waals surface area contributed by atoms with E-state index in [1.165, 1.54) is 6.26 Å². The predicted molar refractivity (Wildman–Crippen MR) is 88.1 cm³/mol. The van der Waals surface area contributed by atoms with Gasteiger partial charge in [-0.2, -0.15) is 0 Å². The summed E-state index contributed by atoms with van der Waals surface area (Å²) in [7, 11) is 1.90. The maximum atomic E-state index is 12.3. The van der Waals surface area contributed by atoms with Crippen molar-refractivity contribution in [3.63, 3.8) is 0 Å². The molecule has 0 saturated carbocycles. The molecule has 2 aromatic heterocycles. The van der Waals surface area contributed by atoms with E-state index >= 15 is 0 Å². The second-order valence-corrected chi connectivity index (χ2v) is 5.93. The van der Waals surface area contributed by atoms with Gasteiger partial charge in [0.1, 0.15) is 11.8 Å². The standard InChI is InChI=1S/C17H20N4O4/c1-20-8-2-4-12(20)10-18-15(22)7-6-14-16(23)21(17(24)19-14)11-13-5-3-9-25-13/h2-5,8-9,14H,6-7,10-11H2,1H3,(H,18,22)(H,19,24). The number of carbonyl (C=O) groups is 3. The zero-order valence-corrected chi connectivity index (χ0v) is 13.9. The number of furan rings is 1. The van der Waals surface area contributed by atoms with E-state index in [4.69, 9.17) is 4.42 Å². The van der Waals surface area contributed by atoms with Crippen LogP contribution in [0.3, 0.4) is 0 Å². The molecule has 8 heteroatoms. The molecule has 1 atom stereocenters. The number of hydrogen-bond acceptors (Lipinski definition) is 4. The Balaban J connectivity index is 1.46. The number of aromatic nitrogens is 1. The van der Waals surface area contributed by atoms with Gasteiger partial charge in [-0.05, 0) is 30.7 Å². The Kier molecular flexibility index (Phi) is 4.87. The highest BCUT2D eigenvalue weighted by Gasteiger charge is 2.38. The first-order valence-electron chi connectivity index (χ1n) is 8.06. The van der Waals surface area contributed by atoms with E-state index in [1.54, 1.807) is 12.1 Å². The van der Waals surface area contributed by atoms with Crippen molar-refractivity contribution in [1.29, 1.82) is 0 Å². The van der Waals surface area contributed by atoms with Crippen molar-refractivity contribution in [2.24, 2.45) is 7.05 Å². The van der Waals surface area contributed by atoms with Gasteiger partial charge in [0, 0.05) is 25.4 Å². The number of hydrogen-bond donors (Lipinski definition) is 2. The minimum atomic E-state index is -0.678. The molecule has 4 amide bonds. The lowest BCUT2D eigenvalue weighted by molar-refractivity contribution is -0.128. The molecule has 1 unspecified atom stereocenters. The van der Waals surface area contributed by atoms with Gasteiger partial charge in [0.2, 0.25) is 5.91 Å². The summed E-state index contributed by atoms with van der Waals surface area (Å²) < 4.78 is 7.09. The second-order valence-electron chi connectivity index (χ2n) is 5.93. The zero-order valence-electron chi connectivity index (χ0n) is 13.9. The summed E-state index contributed by atoms with van der Waals surface area (Å²) in [5.41, 5.74) is 0.989. The molecule has 1 aliphatic rings. The monoisotopic (exact) mass is 344 g/mol. The summed E-state index contributed by atoms with van der Waals surface area (Å²) in [6.07, 6.45) is 3.82. The van der Waals surface area contributed by atoms with Crippen molar-refractivity contribution in [3.8, 4) is 0 Å². The van der Waals surface area contributed by atoms with Gasteiger partial charge in [0.15, 0.2) is 0 Å². The molecule has 1 aliphatic heterocycles. The van der Waals surface area contributed by atoms with Crippen molar-refractivity contribution >= 4 is 17.8 Å². The average Bonchev–Trinajstić information content (AvgIpc) is 3.30. The van der Waals surface area contributed by atoms with E-state index in [0.717, 1.165) is 10.6 Å². The Morgan fingerprint density at radius 3 is 2.84 bits per heavy atom. The second kappa shape index (κ2) is 7.25. The van der Waals surface area contributed by atoms with Gasteiger partial charge in [-0.15, -0.1) is 0 Å². The molecule has 1 fully saturated rings. The minimum Gasteiger partial charge on any atom is -0.467 e. The molecule has 3 heterocycles. The Morgan fingerprint density at radius 1 is 1.32 bits per heavy atom. The fourth-order valence-electron chi connectivity index (χ4n) is 2.71. The van der Waals surface area contributed by atoms with E-state index in [1.807, 2.05) is 29.9 Å². The van der Waals surface area contributed by atoms with Gasteiger partial charge in [0.25, 0.3) is 5.91 Å². The van der Waals surface area contributed by atoms with E-state index in [9.17, 15) is 14.4 Å². The summed E-state index contributed by atoms with van der Waals surface area (Å²) in [6, 6.07) is 6.08. The van der Waals surface area contributed by atoms with E-state index in [0.29, 0.717) is 12.3 Å². The third-order valence-electron chi connectivity index (χ3n) is 4.18. The summed E-state index contributed by atoms with van der Waals surface area (Å²) in [5, 5.41) is 5.42. The minimum absolute atomic E-state index is 0.0911. The van der Waals surface area contributed by atoms with Crippen molar-refractivity contribution in [1.82, 2.24) is 20.1 Å². The highest BCUT2D eigenvalue weighted by Crippen LogP contribution is 2.15. The number of aryl methyl sites for hydroxylation is 1. The van der Waals surface area contributed by atoms with Gasteiger partial charge in [-0.25, -0.2) is 4.79 Å². The van der Waals surface area contributed by atoms with Crippen LogP contribution in [0.5, 0.6) is 0 Å². The number of imide groups is 1. The normalized spacial score (nSPS) is 17.0. The van der Waals surface area contributed by atoms with Crippen LogP contribution in [-0.2, 0) is 29.7 Å². The average molecular weight is 344 g/mol. The molecule has 25 heavy (non-hydrogen) atoms. The summed E-state index contributed by atoms with van der Waals surface area (Å²) in [6.45, 7) is 0.520. The van der Waals surface area contributed by atoms with Crippen LogP contribution in [0.15, 0.2) is 41.1 Å². The van der Waals surface area contributed by atoms with Crippen molar-refractivity contribution in [3.05, 3.63) is 48.2 Å². The van der Waals surface area contributed by atoms with Crippen molar-refractivity contribution < 1.29 is 18.8 Å². The van der Waals surface area contributed by atoms with Crippen LogP contribution in [0.4, 0.5) is 4.79 Å². The van der Waals surface area contributed by atoms with E-state index in [-0.39, 0.29) is 31.2 Å². The molecule has 0 aromatic carbocycles. The summed E-state index contributed by atoms with van der Waals surface area (Å²) >= 11 is 0. The maximum Gasteiger partial charge on any atom is 0.325 e. The Bertz CT molecular complexity index is 765. The van der Waals surface area contributed by atoms with Gasteiger partial charge < -0.3 is 19.6 Å². The lowest BCUT2D eigenvalue weighted by atomic mass is 10.1. The first kappa shape index (κ1) is 16.8. The largest absolute Gasteiger partial charge is 0.467 e. The third kappa shape index (κ3) is 3.90. The highest BCUT2D eigenvalue weighted by atomic mass is 16.3. The first-order valence-corrected chi connectivity index (χ1v) is 8.06. The summed E-state index contributed by atoms with van der Waals surface area (Å²) in [5.74, 6) is 0.0360. The molecule has 0 radical (unpaired) electrons. The molecule has 0 spiro atoms. The Morgan fingerprint density at radius 2 is 2.16 bits per heavy atom. The molecule has 2 aromatic rings. The van der Waals surface area contributed by atoms with E-state index < -0.39 is 12.1 Å². The zero-order chi connectivity index (χ0) is 17.8. The fraction of sp³-hybridized carbons (Fsp3) is 0.353. The molecule has 132 valence electrons. The molecular formula is C17H20N4O4. The van der Waals surface area contributed by atoms with E-state index in [2.05, 4.69) is 10.6 Å². The van der Waals surface area contributed by atoms with Gasteiger partial charge in [-0.1, -0.05) is 0 Å². The number of carbonyl (C=O) groups excluding carboxylic acids is 3. The lowest BCUT2D eigenvalue weighted by Crippen LogP contribution is -2.32. The van der Waals surface area contributed by atoms with Gasteiger partial charge in [0.05, 0.1) is 19.4 Å². The number of amides is 4. The molecule has 0 bridgehead atoms. The lowest BCUT2D eigenvalue weighted by Gasteiger charge is -2.11. The van der Waals surface area contributed by atoms with Crippen LogP contribution in [0.1, 0.15) is 24.3 Å². The van der Waals surface area contributed by atoms with Crippen LogP contribution >= 0.6 is 0 Å². The number of nitrogens with zero attached hydrogens (tertiary/aromatic N) is 2. The molecule has 2 N–H and O–H groups in total. The maximum absolute atomic E-state index is 12.3. The predicted octanol–water partition coefficient (Wildman–Crippen LogP) is 1.14. The third-order valence-corrected chi connectivity index (χ3v) is 4.18. The summed E-state index contributed by atoms with van der Waals surface area (Å²) in [4.78, 5) is 37.3. The fourth-order valence-corrected chi connectivity index (χ4v) is 2.71. The van der Waals surface area contributed by atoms with Crippen LogP contribution in [-0.4, -0.2) is 33.4 Å². The van der Waals surface area contributed by atoms with Gasteiger partial charge >= 0.3 is 6.03 Å². The molecule has 3 rings (SSSR count). The molecule has 0 aliphatic carbocycles. The number of nitrogens with one attached hydrogen (secondary N) is 2. The van der Waals surface area contributed by atoms with Crippen molar-refractivity contribution in [2.45, 2.75) is 32.0 Å². The topological polar surface area (TPSA) is 96.6 Å². The first-order chi connectivity index (χ1) is 12.0. The Hall–Kier alpha value is -3.03. The molecule has 1 saturated heterocycles. The SMILES string of the molecule is Cn1cccc1CNC(=O)CCC1NC(=O)N(Cc2ccco2)C1=O. The number of urea groups is 1. The number of rotatable bonds is 7. The molecular weight excluding hydrogens is 324 g/mol. The molecule has 8 nitrogen and oxygen atoms in total. The van der Waals surface area contributed by atoms with Crippen molar-refractivity contribution in [2.75, 3.05) is 0 Å². The van der Waals surface area contributed by atoms with Crippen LogP contribution in [0.2, 0.25) is 0 Å². The smallest absolute Gasteiger partial charge is 0.325 e.